The predicted molar refractivity (Wildman–Crippen MR) is 84.2 cm³/mol. The topological polar surface area (TPSA) is 111 Å². The highest BCUT2D eigenvalue weighted by atomic mass is 16.5. The minimum Gasteiger partial charge on any atom is -0.467 e. The third-order valence-electron chi connectivity index (χ3n) is 4.53. The Kier molecular flexibility index (Phi) is 5.29. The average Bonchev–Trinajstić information content (AvgIpc) is 3.23. The zero-order valence-electron chi connectivity index (χ0n) is 14.1. The molecular formula is C16H27N3O4. The fourth-order valence-electron chi connectivity index (χ4n) is 3.12. The summed E-state index contributed by atoms with van der Waals surface area (Å²) in [7, 11) is 1.27. The summed E-state index contributed by atoms with van der Waals surface area (Å²) >= 11 is 0. The van der Waals surface area contributed by atoms with Crippen LogP contribution in [0.4, 0.5) is 0 Å². The summed E-state index contributed by atoms with van der Waals surface area (Å²) in [5.41, 5.74) is 5.59. The quantitative estimate of drug-likeness (QED) is 0.574. The van der Waals surface area contributed by atoms with Crippen molar-refractivity contribution in [1.82, 2.24) is 10.6 Å². The summed E-state index contributed by atoms with van der Waals surface area (Å²) in [6.45, 7) is 3.87. The molecule has 2 fully saturated rings. The van der Waals surface area contributed by atoms with Crippen LogP contribution in [0.3, 0.4) is 0 Å². The van der Waals surface area contributed by atoms with Crippen molar-refractivity contribution in [3.63, 3.8) is 0 Å². The molecule has 7 heteroatoms. The zero-order chi connectivity index (χ0) is 17.2. The molecule has 1 heterocycles. The molecule has 2 amide bonds. The Morgan fingerprint density at radius 3 is 2.52 bits per heavy atom. The van der Waals surface area contributed by atoms with Crippen molar-refractivity contribution in [2.45, 2.75) is 63.6 Å². The first-order valence-corrected chi connectivity index (χ1v) is 8.17. The Hall–Kier alpha value is -1.63. The van der Waals surface area contributed by atoms with E-state index in [9.17, 15) is 14.4 Å². The van der Waals surface area contributed by atoms with E-state index in [2.05, 4.69) is 10.6 Å². The molecule has 130 valence electrons. The molecule has 2 aliphatic rings. The number of nitrogens with two attached hydrogens (primary N) is 1. The van der Waals surface area contributed by atoms with Crippen LogP contribution in [0, 0.1) is 11.8 Å². The van der Waals surface area contributed by atoms with Crippen LogP contribution >= 0.6 is 0 Å². The van der Waals surface area contributed by atoms with Crippen LogP contribution in [0.2, 0.25) is 0 Å². The van der Waals surface area contributed by atoms with E-state index in [4.69, 9.17) is 10.5 Å². The maximum atomic E-state index is 12.2. The van der Waals surface area contributed by atoms with Gasteiger partial charge in [0.05, 0.1) is 13.2 Å². The Balaban J connectivity index is 1.95. The van der Waals surface area contributed by atoms with Crippen molar-refractivity contribution in [3.8, 4) is 0 Å². The molecular weight excluding hydrogens is 298 g/mol. The van der Waals surface area contributed by atoms with Gasteiger partial charge in [0.2, 0.25) is 11.8 Å². The first-order valence-electron chi connectivity index (χ1n) is 8.17. The first kappa shape index (κ1) is 17.7. The Morgan fingerprint density at radius 1 is 1.39 bits per heavy atom. The lowest BCUT2D eigenvalue weighted by molar-refractivity contribution is -0.146. The summed E-state index contributed by atoms with van der Waals surface area (Å²) in [6.07, 6.45) is 3.70. The third-order valence-corrected chi connectivity index (χ3v) is 4.53. The van der Waals surface area contributed by atoms with Gasteiger partial charge in [-0.25, -0.2) is 4.79 Å². The van der Waals surface area contributed by atoms with Crippen molar-refractivity contribution in [2.24, 2.45) is 17.6 Å². The second kappa shape index (κ2) is 6.86. The van der Waals surface area contributed by atoms with Gasteiger partial charge in [-0.1, -0.05) is 12.8 Å². The third kappa shape index (κ3) is 4.92. The van der Waals surface area contributed by atoms with E-state index in [0.29, 0.717) is 18.8 Å². The van der Waals surface area contributed by atoms with E-state index in [1.165, 1.54) is 7.11 Å². The average molecular weight is 325 g/mol. The Labute approximate surface area is 136 Å². The van der Waals surface area contributed by atoms with Gasteiger partial charge >= 0.3 is 5.97 Å². The highest BCUT2D eigenvalue weighted by Gasteiger charge is 2.40. The molecule has 1 aliphatic carbocycles. The molecule has 2 rings (SSSR count). The number of amides is 2. The first-order chi connectivity index (χ1) is 10.7. The zero-order valence-corrected chi connectivity index (χ0v) is 14.1. The Bertz CT molecular complexity index is 488. The van der Waals surface area contributed by atoms with Crippen LogP contribution in [0.5, 0.6) is 0 Å². The van der Waals surface area contributed by atoms with Gasteiger partial charge in [-0.15, -0.1) is 0 Å². The van der Waals surface area contributed by atoms with Crippen molar-refractivity contribution in [2.75, 3.05) is 7.11 Å². The van der Waals surface area contributed by atoms with Crippen LogP contribution in [0.1, 0.15) is 46.0 Å². The number of nitrogens with one attached hydrogen (secondary N) is 2. The van der Waals surface area contributed by atoms with Crippen molar-refractivity contribution >= 4 is 17.8 Å². The molecule has 0 spiro atoms. The second-order valence-electron chi connectivity index (χ2n) is 7.38. The molecule has 0 radical (unpaired) electrons. The number of carbonyl (C=O) groups is 3. The number of methoxy groups -OCH3 is 1. The van der Waals surface area contributed by atoms with E-state index in [0.717, 1.165) is 12.8 Å². The fraction of sp³-hybridized carbons (Fsp3) is 0.812. The van der Waals surface area contributed by atoms with Gasteiger partial charge in [-0.05, 0) is 39.0 Å². The summed E-state index contributed by atoms with van der Waals surface area (Å²) in [5, 5.41) is 5.54. The lowest BCUT2D eigenvalue weighted by Crippen LogP contribution is -2.49. The standard InChI is InChI=1S/C16H27N3O4/c1-16(2)8-10(13(20)19-16)7-12(15(22)23-3)18-14(21)11(17)6-9-4-5-9/h9-12H,4-8,17H2,1-3H3,(H,18,21)(H,19,20)/t10-,11?,12?/m1/s1. The number of esters is 1. The molecule has 0 bridgehead atoms. The lowest BCUT2D eigenvalue weighted by atomic mass is 9.91. The number of ether oxygens (including phenoxy) is 1. The van der Waals surface area contributed by atoms with Gasteiger partial charge < -0.3 is 21.1 Å². The van der Waals surface area contributed by atoms with Gasteiger partial charge in [-0.2, -0.15) is 0 Å². The van der Waals surface area contributed by atoms with E-state index < -0.39 is 18.1 Å². The number of hydrogen-bond acceptors (Lipinski definition) is 5. The van der Waals surface area contributed by atoms with E-state index in [-0.39, 0.29) is 29.7 Å². The van der Waals surface area contributed by atoms with E-state index in [1.807, 2.05) is 13.8 Å². The maximum Gasteiger partial charge on any atom is 0.328 e. The SMILES string of the molecule is COC(=O)C(C[C@@H]1CC(C)(C)NC1=O)NC(=O)C(N)CC1CC1. The molecule has 4 N–H and O–H groups in total. The van der Waals surface area contributed by atoms with Gasteiger partial charge in [0, 0.05) is 11.5 Å². The number of carbonyl (C=O) groups excluding carboxylic acids is 3. The van der Waals surface area contributed by atoms with Crippen LogP contribution in [-0.2, 0) is 19.1 Å². The number of rotatable bonds is 7. The monoisotopic (exact) mass is 325 g/mol. The normalized spacial score (nSPS) is 25.4. The van der Waals surface area contributed by atoms with E-state index in [1.54, 1.807) is 0 Å². The minimum atomic E-state index is -0.845. The molecule has 23 heavy (non-hydrogen) atoms. The largest absolute Gasteiger partial charge is 0.467 e. The molecule has 1 saturated carbocycles. The molecule has 7 nitrogen and oxygen atoms in total. The molecule has 1 saturated heterocycles. The lowest BCUT2D eigenvalue weighted by Gasteiger charge is -2.21. The fourth-order valence-corrected chi connectivity index (χ4v) is 3.12. The van der Waals surface area contributed by atoms with Crippen LogP contribution in [-0.4, -0.2) is 42.5 Å². The molecule has 0 aromatic carbocycles. The van der Waals surface area contributed by atoms with Gasteiger partial charge in [0.25, 0.3) is 0 Å². The molecule has 2 unspecified atom stereocenters. The van der Waals surface area contributed by atoms with Crippen molar-refractivity contribution in [1.29, 1.82) is 0 Å². The predicted octanol–water partition coefficient (Wildman–Crippen LogP) is 0.0764. The number of hydrogen-bond donors (Lipinski definition) is 3. The molecule has 0 aromatic heterocycles. The van der Waals surface area contributed by atoms with Crippen molar-refractivity contribution < 1.29 is 19.1 Å². The van der Waals surface area contributed by atoms with Crippen LogP contribution in [0.15, 0.2) is 0 Å². The summed E-state index contributed by atoms with van der Waals surface area (Å²) in [6, 6.07) is -1.47. The maximum absolute atomic E-state index is 12.2. The van der Waals surface area contributed by atoms with Crippen LogP contribution in [0.25, 0.3) is 0 Å². The van der Waals surface area contributed by atoms with Crippen molar-refractivity contribution in [3.05, 3.63) is 0 Å². The molecule has 1 aliphatic heterocycles. The van der Waals surface area contributed by atoms with Crippen LogP contribution < -0.4 is 16.4 Å². The summed E-state index contributed by atoms with van der Waals surface area (Å²) in [5.74, 6) is -0.803. The minimum absolute atomic E-state index is 0.0968. The Morgan fingerprint density at radius 2 is 2.04 bits per heavy atom. The summed E-state index contributed by atoms with van der Waals surface area (Å²) < 4.78 is 4.76. The highest BCUT2D eigenvalue weighted by Crippen LogP contribution is 2.33. The second-order valence-corrected chi connectivity index (χ2v) is 7.38. The molecule has 0 aromatic rings. The van der Waals surface area contributed by atoms with Gasteiger partial charge in [0.15, 0.2) is 0 Å². The molecule has 3 atom stereocenters. The highest BCUT2D eigenvalue weighted by molar-refractivity contribution is 5.88. The van der Waals surface area contributed by atoms with Gasteiger partial charge in [-0.3, -0.25) is 9.59 Å². The summed E-state index contributed by atoms with van der Waals surface area (Å²) in [4.78, 5) is 36.1. The van der Waals surface area contributed by atoms with Gasteiger partial charge in [0.1, 0.15) is 6.04 Å². The smallest absolute Gasteiger partial charge is 0.328 e. The van der Waals surface area contributed by atoms with E-state index >= 15 is 0 Å².